The van der Waals surface area contributed by atoms with E-state index in [0.717, 1.165) is 42.9 Å². The van der Waals surface area contributed by atoms with Crippen molar-refractivity contribution in [1.29, 1.82) is 5.26 Å². The van der Waals surface area contributed by atoms with E-state index < -0.39 is 0 Å². The first-order chi connectivity index (χ1) is 15.1. The molecular formula is C21H20N8O2. The SMILES string of the molecule is Cc1c([C@@H]2CN(Cc3cnc(-n4cnc(C#N)n4)nc3)CCN2)ccc2c1COC2=O. The molecule has 0 unspecified atom stereocenters. The zero-order chi connectivity index (χ0) is 21.4. The van der Waals surface area contributed by atoms with Crippen molar-refractivity contribution < 1.29 is 9.53 Å². The predicted octanol–water partition coefficient (Wildman–Crippen LogP) is 1.05. The summed E-state index contributed by atoms with van der Waals surface area (Å²) in [5, 5.41) is 16.4. The maximum atomic E-state index is 11.8. The molecule has 2 aromatic heterocycles. The Morgan fingerprint density at radius 1 is 1.29 bits per heavy atom. The van der Waals surface area contributed by atoms with Gasteiger partial charge in [0.25, 0.3) is 11.8 Å². The second-order valence-electron chi connectivity index (χ2n) is 7.64. The topological polar surface area (TPSA) is 122 Å². The summed E-state index contributed by atoms with van der Waals surface area (Å²) in [6.45, 7) is 5.76. The van der Waals surface area contributed by atoms with E-state index in [1.807, 2.05) is 18.2 Å². The monoisotopic (exact) mass is 416 g/mol. The summed E-state index contributed by atoms with van der Waals surface area (Å²) in [6.07, 6.45) is 4.97. The van der Waals surface area contributed by atoms with E-state index in [-0.39, 0.29) is 17.8 Å². The van der Waals surface area contributed by atoms with Crippen LogP contribution in [-0.2, 0) is 17.9 Å². The lowest BCUT2D eigenvalue weighted by atomic mass is 9.93. The molecule has 5 rings (SSSR count). The van der Waals surface area contributed by atoms with Gasteiger partial charge in [0.2, 0.25) is 0 Å². The van der Waals surface area contributed by atoms with Gasteiger partial charge in [-0.05, 0) is 24.1 Å². The Morgan fingerprint density at radius 2 is 2.13 bits per heavy atom. The Balaban J connectivity index is 1.28. The summed E-state index contributed by atoms with van der Waals surface area (Å²) in [7, 11) is 0. The molecule has 10 heteroatoms. The van der Waals surface area contributed by atoms with Crippen LogP contribution in [0.2, 0.25) is 0 Å². The summed E-state index contributed by atoms with van der Waals surface area (Å²) < 4.78 is 6.57. The zero-order valence-electron chi connectivity index (χ0n) is 16.9. The molecule has 0 spiro atoms. The van der Waals surface area contributed by atoms with Gasteiger partial charge >= 0.3 is 5.97 Å². The molecule has 156 valence electrons. The van der Waals surface area contributed by atoms with Crippen molar-refractivity contribution in [3.8, 4) is 12.0 Å². The molecule has 1 atom stereocenters. The molecule has 31 heavy (non-hydrogen) atoms. The molecule has 1 N–H and O–H groups in total. The third kappa shape index (κ3) is 3.65. The summed E-state index contributed by atoms with van der Waals surface area (Å²) >= 11 is 0. The standard InChI is InChI=1S/C21H20N8O2/c1-13-15(2-3-16-17(13)11-31-20(16)30)18-10-28(5-4-23-18)9-14-7-24-21(25-8-14)29-12-26-19(6-22)27-29/h2-3,7-8,12,18,23H,4-5,9-11H2,1H3/t18-/m0/s1. The van der Waals surface area contributed by atoms with Crippen molar-refractivity contribution in [2.75, 3.05) is 19.6 Å². The molecule has 4 heterocycles. The van der Waals surface area contributed by atoms with Crippen molar-refractivity contribution >= 4 is 5.97 Å². The van der Waals surface area contributed by atoms with E-state index in [9.17, 15) is 4.79 Å². The molecular weight excluding hydrogens is 396 g/mol. The molecule has 1 saturated heterocycles. The molecule has 2 aliphatic rings. The van der Waals surface area contributed by atoms with Gasteiger partial charge in [0.1, 0.15) is 19.0 Å². The maximum absolute atomic E-state index is 11.8. The Labute approximate surface area is 178 Å². The highest BCUT2D eigenvalue weighted by molar-refractivity contribution is 5.93. The minimum atomic E-state index is -0.235. The quantitative estimate of drug-likeness (QED) is 0.622. The van der Waals surface area contributed by atoms with Gasteiger partial charge in [0, 0.05) is 55.7 Å². The molecule has 2 aliphatic heterocycles. The number of esters is 1. The highest BCUT2D eigenvalue weighted by Gasteiger charge is 2.28. The lowest BCUT2D eigenvalue weighted by Gasteiger charge is -2.34. The molecule has 0 aliphatic carbocycles. The number of aromatic nitrogens is 5. The Morgan fingerprint density at radius 3 is 2.90 bits per heavy atom. The number of hydrogen-bond donors (Lipinski definition) is 1. The second-order valence-corrected chi connectivity index (χ2v) is 7.64. The lowest BCUT2D eigenvalue weighted by molar-refractivity contribution is 0.0535. The van der Waals surface area contributed by atoms with Crippen LogP contribution in [0.25, 0.3) is 5.95 Å². The third-order valence-electron chi connectivity index (χ3n) is 5.74. The van der Waals surface area contributed by atoms with E-state index in [1.165, 1.54) is 16.6 Å². The minimum absolute atomic E-state index is 0.0808. The number of hydrogen-bond acceptors (Lipinski definition) is 9. The van der Waals surface area contributed by atoms with Crippen LogP contribution in [0.1, 0.15) is 44.5 Å². The number of piperazine rings is 1. The van der Waals surface area contributed by atoms with Crippen LogP contribution in [0.5, 0.6) is 0 Å². The van der Waals surface area contributed by atoms with E-state index in [0.29, 0.717) is 18.1 Å². The number of rotatable bonds is 4. The number of benzene rings is 1. The molecule has 1 aromatic carbocycles. The summed E-state index contributed by atoms with van der Waals surface area (Å²) in [6, 6.07) is 5.97. The van der Waals surface area contributed by atoms with Crippen LogP contribution in [-0.4, -0.2) is 55.2 Å². The van der Waals surface area contributed by atoms with E-state index in [1.54, 1.807) is 12.4 Å². The van der Waals surface area contributed by atoms with Gasteiger partial charge in [-0.2, -0.15) is 9.94 Å². The first kappa shape index (κ1) is 19.3. The van der Waals surface area contributed by atoms with Crippen molar-refractivity contribution in [3.63, 3.8) is 0 Å². The van der Waals surface area contributed by atoms with Gasteiger partial charge < -0.3 is 10.1 Å². The number of nitrogens with zero attached hydrogens (tertiary/aromatic N) is 7. The van der Waals surface area contributed by atoms with Gasteiger partial charge in [-0.25, -0.2) is 19.7 Å². The van der Waals surface area contributed by atoms with Crippen molar-refractivity contribution in [3.05, 3.63) is 64.5 Å². The van der Waals surface area contributed by atoms with Gasteiger partial charge in [0.05, 0.1) is 5.56 Å². The average Bonchev–Trinajstić information content (AvgIpc) is 3.42. The lowest BCUT2D eigenvalue weighted by Crippen LogP contribution is -2.45. The van der Waals surface area contributed by atoms with Crippen molar-refractivity contribution in [2.24, 2.45) is 0 Å². The Bertz CT molecular complexity index is 1180. The Kier molecular flexibility index (Phi) is 4.89. The highest BCUT2D eigenvalue weighted by atomic mass is 16.5. The minimum Gasteiger partial charge on any atom is -0.457 e. The summed E-state index contributed by atoms with van der Waals surface area (Å²) in [5.74, 6) is 0.222. The number of nitrogens with one attached hydrogen (secondary N) is 1. The van der Waals surface area contributed by atoms with Crippen LogP contribution in [0.3, 0.4) is 0 Å². The molecule has 0 radical (unpaired) electrons. The van der Waals surface area contributed by atoms with Crippen molar-refractivity contribution in [1.82, 2.24) is 34.9 Å². The fourth-order valence-electron chi connectivity index (χ4n) is 4.12. The van der Waals surface area contributed by atoms with E-state index in [2.05, 4.69) is 37.2 Å². The van der Waals surface area contributed by atoms with Crippen LogP contribution < -0.4 is 5.32 Å². The molecule has 10 nitrogen and oxygen atoms in total. The van der Waals surface area contributed by atoms with E-state index in [4.69, 9.17) is 10.00 Å². The molecule has 0 bridgehead atoms. The van der Waals surface area contributed by atoms with Crippen LogP contribution in [0.15, 0.2) is 30.9 Å². The third-order valence-corrected chi connectivity index (χ3v) is 5.74. The zero-order valence-corrected chi connectivity index (χ0v) is 16.9. The number of fused-ring (bicyclic) bond motifs is 1. The number of ether oxygens (including phenoxy) is 1. The highest BCUT2D eigenvalue weighted by Crippen LogP contribution is 2.30. The smallest absolute Gasteiger partial charge is 0.338 e. The van der Waals surface area contributed by atoms with Crippen molar-refractivity contribution in [2.45, 2.75) is 26.1 Å². The number of carbonyl (C=O) groups is 1. The normalized spacial score (nSPS) is 18.5. The maximum Gasteiger partial charge on any atom is 0.338 e. The molecule has 0 amide bonds. The largest absolute Gasteiger partial charge is 0.457 e. The van der Waals surface area contributed by atoms with Gasteiger partial charge in [-0.1, -0.05) is 6.07 Å². The van der Waals surface area contributed by atoms with Gasteiger partial charge in [-0.15, -0.1) is 5.10 Å². The van der Waals surface area contributed by atoms with Gasteiger partial charge in [-0.3, -0.25) is 4.90 Å². The molecule has 1 fully saturated rings. The first-order valence-corrected chi connectivity index (χ1v) is 10.0. The van der Waals surface area contributed by atoms with E-state index >= 15 is 0 Å². The number of carbonyl (C=O) groups excluding carboxylic acids is 1. The Hall–Kier alpha value is -3.68. The number of cyclic esters (lactones) is 1. The second kappa shape index (κ2) is 7.86. The average molecular weight is 416 g/mol. The van der Waals surface area contributed by atoms with Crippen LogP contribution in [0.4, 0.5) is 0 Å². The van der Waals surface area contributed by atoms with Gasteiger partial charge in [0.15, 0.2) is 0 Å². The summed E-state index contributed by atoms with van der Waals surface area (Å²) in [4.78, 5) is 26.7. The predicted molar refractivity (Wildman–Crippen MR) is 108 cm³/mol. The molecule has 3 aromatic rings. The fraction of sp³-hybridized carbons (Fsp3) is 0.333. The number of nitriles is 1. The van der Waals surface area contributed by atoms with Crippen LogP contribution in [0, 0.1) is 18.3 Å². The first-order valence-electron chi connectivity index (χ1n) is 10.0. The molecule has 0 saturated carbocycles. The fourth-order valence-corrected chi connectivity index (χ4v) is 4.12. The van der Waals surface area contributed by atoms with Crippen LogP contribution >= 0.6 is 0 Å². The summed E-state index contributed by atoms with van der Waals surface area (Å²) in [5.41, 5.74) is 5.00.